The number of amides is 1. The van der Waals surface area contributed by atoms with Crippen molar-refractivity contribution in [2.45, 2.75) is 44.6 Å². The summed E-state index contributed by atoms with van der Waals surface area (Å²) >= 11 is 5.97. The summed E-state index contributed by atoms with van der Waals surface area (Å²) in [7, 11) is 0. The Labute approximate surface area is 171 Å². The molecule has 3 rings (SSSR count). The van der Waals surface area contributed by atoms with Crippen molar-refractivity contribution >= 4 is 23.5 Å². The van der Waals surface area contributed by atoms with Gasteiger partial charge < -0.3 is 10.1 Å². The second-order valence-electron chi connectivity index (χ2n) is 7.20. The number of carbonyl (C=O) groups is 2. The summed E-state index contributed by atoms with van der Waals surface area (Å²) in [5.74, 6) is -0.117. The summed E-state index contributed by atoms with van der Waals surface area (Å²) in [4.78, 5) is 25.2. The molecular weight excluding hydrogens is 374 g/mol. The molecule has 1 amide bonds. The van der Waals surface area contributed by atoms with Gasteiger partial charge in [0.25, 0.3) is 0 Å². The van der Waals surface area contributed by atoms with Gasteiger partial charge in [-0.25, -0.2) is 4.79 Å². The molecule has 4 nitrogen and oxygen atoms in total. The van der Waals surface area contributed by atoms with Crippen molar-refractivity contribution in [2.75, 3.05) is 6.61 Å². The number of ether oxygens (including phenoxy) is 1. The smallest absolute Gasteiger partial charge is 0.333 e. The Hall–Kier alpha value is -2.33. The minimum absolute atomic E-state index is 0.0727. The molecule has 148 valence electrons. The van der Waals surface area contributed by atoms with Crippen molar-refractivity contribution in [3.8, 4) is 0 Å². The first-order chi connectivity index (χ1) is 13.6. The monoisotopic (exact) mass is 399 g/mol. The summed E-state index contributed by atoms with van der Waals surface area (Å²) in [6, 6.07) is 16.5. The van der Waals surface area contributed by atoms with E-state index in [0.29, 0.717) is 5.92 Å². The Morgan fingerprint density at radius 1 is 1.04 bits per heavy atom. The van der Waals surface area contributed by atoms with Gasteiger partial charge >= 0.3 is 5.97 Å². The van der Waals surface area contributed by atoms with E-state index < -0.39 is 12.0 Å². The lowest BCUT2D eigenvalue weighted by molar-refractivity contribution is -0.148. The van der Waals surface area contributed by atoms with E-state index in [4.69, 9.17) is 16.3 Å². The molecule has 0 saturated heterocycles. The zero-order valence-electron chi connectivity index (χ0n) is 16.1. The van der Waals surface area contributed by atoms with E-state index in [0.717, 1.165) is 36.3 Å². The van der Waals surface area contributed by atoms with Crippen LogP contribution in [-0.2, 0) is 14.3 Å². The maximum Gasteiger partial charge on any atom is 0.333 e. The molecule has 0 heterocycles. The molecule has 28 heavy (non-hydrogen) atoms. The maximum atomic E-state index is 12.8. The molecule has 1 saturated carbocycles. The van der Waals surface area contributed by atoms with E-state index in [2.05, 4.69) is 17.4 Å². The SMILES string of the molecule is CCOC(=O)C(NC(=O)C1CCC(c2ccc(Cl)cc2)CC1)c1ccccc1. The van der Waals surface area contributed by atoms with Crippen LogP contribution in [0.4, 0.5) is 0 Å². The quantitative estimate of drug-likeness (QED) is 0.692. The van der Waals surface area contributed by atoms with Gasteiger partial charge in [0.2, 0.25) is 5.91 Å². The lowest BCUT2D eigenvalue weighted by Crippen LogP contribution is -2.39. The van der Waals surface area contributed by atoms with Gasteiger partial charge in [-0.15, -0.1) is 0 Å². The van der Waals surface area contributed by atoms with Crippen LogP contribution in [0.3, 0.4) is 0 Å². The Bertz CT molecular complexity index is 783. The third-order valence-electron chi connectivity index (χ3n) is 5.38. The molecule has 1 N–H and O–H groups in total. The zero-order chi connectivity index (χ0) is 19.9. The molecule has 0 radical (unpaired) electrons. The van der Waals surface area contributed by atoms with Gasteiger partial charge in [0.05, 0.1) is 6.61 Å². The Balaban J connectivity index is 1.61. The van der Waals surface area contributed by atoms with Crippen LogP contribution in [0.25, 0.3) is 0 Å². The number of hydrogen-bond acceptors (Lipinski definition) is 3. The number of rotatable bonds is 6. The van der Waals surface area contributed by atoms with E-state index in [1.807, 2.05) is 42.5 Å². The van der Waals surface area contributed by atoms with E-state index in [1.54, 1.807) is 6.92 Å². The molecule has 2 aromatic rings. The van der Waals surface area contributed by atoms with Crippen molar-refractivity contribution in [3.63, 3.8) is 0 Å². The third-order valence-corrected chi connectivity index (χ3v) is 5.63. The number of nitrogens with one attached hydrogen (secondary N) is 1. The molecule has 1 atom stereocenters. The number of halogens is 1. The molecule has 1 aliphatic carbocycles. The summed E-state index contributed by atoms with van der Waals surface area (Å²) in [6.45, 7) is 2.05. The molecule has 2 aromatic carbocycles. The fourth-order valence-electron chi connectivity index (χ4n) is 3.83. The van der Waals surface area contributed by atoms with Gasteiger partial charge in [-0.2, -0.15) is 0 Å². The molecule has 0 spiro atoms. The van der Waals surface area contributed by atoms with Crippen molar-refractivity contribution in [2.24, 2.45) is 5.92 Å². The molecule has 1 fully saturated rings. The van der Waals surface area contributed by atoms with Crippen LogP contribution in [0.1, 0.15) is 55.7 Å². The second-order valence-corrected chi connectivity index (χ2v) is 7.64. The van der Waals surface area contributed by atoms with Crippen LogP contribution >= 0.6 is 11.6 Å². The summed E-state index contributed by atoms with van der Waals surface area (Å²) < 4.78 is 5.17. The number of carbonyl (C=O) groups excluding carboxylic acids is 2. The van der Waals surface area contributed by atoms with Gasteiger partial charge in [-0.05, 0) is 61.8 Å². The first kappa shape index (κ1) is 20.4. The van der Waals surface area contributed by atoms with Gasteiger partial charge in [-0.1, -0.05) is 54.1 Å². The molecule has 0 aromatic heterocycles. The van der Waals surface area contributed by atoms with Crippen LogP contribution in [0.15, 0.2) is 54.6 Å². The van der Waals surface area contributed by atoms with Crippen molar-refractivity contribution in [1.82, 2.24) is 5.32 Å². The molecule has 0 aliphatic heterocycles. The second kappa shape index (κ2) is 9.74. The minimum atomic E-state index is -0.761. The number of benzene rings is 2. The van der Waals surface area contributed by atoms with Gasteiger partial charge in [0.1, 0.15) is 0 Å². The Kier molecular flexibility index (Phi) is 7.10. The Morgan fingerprint density at radius 3 is 2.29 bits per heavy atom. The fourth-order valence-corrected chi connectivity index (χ4v) is 3.96. The highest BCUT2D eigenvalue weighted by Gasteiger charge is 2.31. The van der Waals surface area contributed by atoms with E-state index in [-0.39, 0.29) is 18.4 Å². The molecule has 5 heteroatoms. The third kappa shape index (κ3) is 5.14. The standard InChI is InChI=1S/C23H26ClNO3/c1-2-28-23(27)21(18-6-4-3-5-7-18)25-22(26)19-10-8-16(9-11-19)17-12-14-20(24)15-13-17/h3-7,12-16,19,21H,2,8-11H2,1H3,(H,25,26). The van der Waals surface area contributed by atoms with Crippen LogP contribution < -0.4 is 5.32 Å². The van der Waals surface area contributed by atoms with Gasteiger partial charge in [-0.3, -0.25) is 4.79 Å². The van der Waals surface area contributed by atoms with E-state index in [9.17, 15) is 9.59 Å². The normalized spacial score (nSPS) is 20.2. The lowest BCUT2D eigenvalue weighted by atomic mass is 9.78. The fraction of sp³-hybridized carbons (Fsp3) is 0.391. The summed E-state index contributed by atoms with van der Waals surface area (Å²) in [5, 5.41) is 3.66. The number of hydrogen-bond donors (Lipinski definition) is 1. The highest BCUT2D eigenvalue weighted by Crippen LogP contribution is 2.36. The van der Waals surface area contributed by atoms with Crippen LogP contribution in [0.5, 0.6) is 0 Å². The van der Waals surface area contributed by atoms with E-state index in [1.165, 1.54) is 5.56 Å². The Morgan fingerprint density at radius 2 is 1.68 bits per heavy atom. The molecule has 0 bridgehead atoms. The average molecular weight is 400 g/mol. The largest absolute Gasteiger partial charge is 0.464 e. The number of esters is 1. The van der Waals surface area contributed by atoms with E-state index >= 15 is 0 Å². The van der Waals surface area contributed by atoms with Crippen molar-refractivity contribution < 1.29 is 14.3 Å². The predicted molar refractivity (Wildman–Crippen MR) is 110 cm³/mol. The first-order valence-electron chi connectivity index (χ1n) is 9.86. The molecule has 1 unspecified atom stereocenters. The summed E-state index contributed by atoms with van der Waals surface area (Å²) in [5.41, 5.74) is 2.01. The lowest BCUT2D eigenvalue weighted by Gasteiger charge is -2.29. The van der Waals surface area contributed by atoms with Crippen LogP contribution in [0.2, 0.25) is 5.02 Å². The molecular formula is C23H26ClNO3. The summed E-state index contributed by atoms with van der Waals surface area (Å²) in [6.07, 6.45) is 3.52. The van der Waals surface area contributed by atoms with Crippen LogP contribution in [0, 0.1) is 5.92 Å². The van der Waals surface area contributed by atoms with Gasteiger partial charge in [0.15, 0.2) is 6.04 Å². The van der Waals surface area contributed by atoms with Crippen molar-refractivity contribution in [3.05, 3.63) is 70.7 Å². The highest BCUT2D eigenvalue weighted by molar-refractivity contribution is 6.30. The topological polar surface area (TPSA) is 55.4 Å². The average Bonchev–Trinajstić information content (AvgIpc) is 2.73. The van der Waals surface area contributed by atoms with Crippen molar-refractivity contribution in [1.29, 1.82) is 0 Å². The molecule has 1 aliphatic rings. The van der Waals surface area contributed by atoms with Gasteiger partial charge in [0, 0.05) is 10.9 Å². The predicted octanol–water partition coefficient (Wildman–Crippen LogP) is 5.03. The first-order valence-corrected chi connectivity index (χ1v) is 10.2. The maximum absolute atomic E-state index is 12.8. The van der Waals surface area contributed by atoms with Crippen LogP contribution in [-0.4, -0.2) is 18.5 Å². The highest BCUT2D eigenvalue weighted by atomic mass is 35.5. The minimum Gasteiger partial charge on any atom is -0.464 e. The zero-order valence-corrected chi connectivity index (χ0v) is 16.8.